The van der Waals surface area contributed by atoms with Crippen LogP contribution in [0.15, 0.2) is 6.20 Å². The van der Waals surface area contributed by atoms with Gasteiger partial charge in [0.2, 0.25) is 0 Å². The number of nitrogens with zero attached hydrogens (tertiary/aromatic N) is 2. The zero-order valence-corrected chi connectivity index (χ0v) is 12.6. The first-order chi connectivity index (χ1) is 9.06. The second-order valence-electron chi connectivity index (χ2n) is 4.86. The van der Waals surface area contributed by atoms with E-state index in [4.69, 9.17) is 9.47 Å². The molecule has 1 rings (SSSR count). The summed E-state index contributed by atoms with van der Waals surface area (Å²) >= 11 is 0. The van der Waals surface area contributed by atoms with Crippen LogP contribution in [0.4, 0.5) is 0 Å². The maximum atomic E-state index is 10.6. The summed E-state index contributed by atoms with van der Waals surface area (Å²) in [4.78, 5) is 0. The van der Waals surface area contributed by atoms with E-state index in [1.165, 1.54) is 0 Å². The summed E-state index contributed by atoms with van der Waals surface area (Å²) < 4.78 is 12.8. The third-order valence-corrected chi connectivity index (χ3v) is 3.09. The fourth-order valence-corrected chi connectivity index (χ4v) is 2.21. The van der Waals surface area contributed by atoms with E-state index in [2.05, 4.69) is 12.0 Å². The van der Waals surface area contributed by atoms with Crippen molar-refractivity contribution in [1.29, 1.82) is 0 Å². The number of methoxy groups -OCH3 is 1. The molecule has 5 nitrogen and oxygen atoms in total. The number of aromatic nitrogens is 2. The molecule has 1 heterocycles. The molecule has 1 aromatic heterocycles. The standard InChI is InChI=1S/C14H26N2O3/c1-6-8-11(19-7-2)14(17)13-12(18-5)9-15-16(13)10(3)4/h9-11,14,17H,6-8H2,1-5H3. The van der Waals surface area contributed by atoms with E-state index in [0.717, 1.165) is 12.8 Å². The molecule has 1 N–H and O–H groups in total. The molecule has 0 saturated heterocycles. The zero-order valence-electron chi connectivity index (χ0n) is 12.6. The molecule has 0 radical (unpaired) electrons. The van der Waals surface area contributed by atoms with Crippen molar-refractivity contribution in [3.05, 3.63) is 11.9 Å². The van der Waals surface area contributed by atoms with Gasteiger partial charge in [-0.3, -0.25) is 4.68 Å². The minimum Gasteiger partial charge on any atom is -0.493 e. The van der Waals surface area contributed by atoms with Crippen LogP contribution < -0.4 is 4.74 Å². The van der Waals surface area contributed by atoms with Crippen molar-refractivity contribution in [2.45, 2.75) is 58.8 Å². The van der Waals surface area contributed by atoms with E-state index in [0.29, 0.717) is 18.1 Å². The van der Waals surface area contributed by atoms with Crippen LogP contribution in [-0.4, -0.2) is 34.7 Å². The Morgan fingerprint density at radius 1 is 1.37 bits per heavy atom. The van der Waals surface area contributed by atoms with Crippen molar-refractivity contribution in [3.8, 4) is 5.75 Å². The topological polar surface area (TPSA) is 56.5 Å². The van der Waals surface area contributed by atoms with Crippen molar-refractivity contribution >= 4 is 0 Å². The molecule has 2 unspecified atom stereocenters. The molecule has 0 aliphatic carbocycles. The van der Waals surface area contributed by atoms with Crippen LogP contribution in [0.3, 0.4) is 0 Å². The van der Waals surface area contributed by atoms with Crippen LogP contribution in [0.25, 0.3) is 0 Å². The van der Waals surface area contributed by atoms with Crippen molar-refractivity contribution in [2.24, 2.45) is 0 Å². The lowest BCUT2D eigenvalue weighted by Crippen LogP contribution is -2.25. The highest BCUT2D eigenvalue weighted by Gasteiger charge is 2.28. The molecule has 0 spiro atoms. The van der Waals surface area contributed by atoms with Crippen molar-refractivity contribution in [2.75, 3.05) is 13.7 Å². The molecular weight excluding hydrogens is 244 g/mol. The molecule has 0 aromatic carbocycles. The summed E-state index contributed by atoms with van der Waals surface area (Å²) in [5, 5.41) is 14.9. The van der Waals surface area contributed by atoms with Gasteiger partial charge in [-0.05, 0) is 27.2 Å². The van der Waals surface area contributed by atoms with Crippen LogP contribution in [0.5, 0.6) is 5.75 Å². The Kier molecular flexibility index (Phi) is 6.31. The lowest BCUT2D eigenvalue weighted by atomic mass is 10.0. The highest BCUT2D eigenvalue weighted by Crippen LogP contribution is 2.31. The number of hydrogen-bond donors (Lipinski definition) is 1. The molecule has 110 valence electrons. The van der Waals surface area contributed by atoms with Crippen LogP contribution in [-0.2, 0) is 4.74 Å². The number of rotatable bonds is 8. The molecule has 0 aliphatic heterocycles. The minimum atomic E-state index is -0.722. The van der Waals surface area contributed by atoms with E-state index in [1.54, 1.807) is 18.0 Å². The number of ether oxygens (including phenoxy) is 2. The monoisotopic (exact) mass is 270 g/mol. The first-order valence-electron chi connectivity index (χ1n) is 6.97. The molecule has 0 aliphatic rings. The minimum absolute atomic E-state index is 0.164. The molecular formula is C14H26N2O3. The third-order valence-electron chi connectivity index (χ3n) is 3.09. The Bertz CT molecular complexity index is 371. The van der Waals surface area contributed by atoms with E-state index in [9.17, 15) is 5.11 Å². The van der Waals surface area contributed by atoms with Gasteiger partial charge in [0.25, 0.3) is 0 Å². The summed E-state index contributed by atoms with van der Waals surface area (Å²) in [6.07, 6.45) is 2.47. The molecule has 2 atom stereocenters. The summed E-state index contributed by atoms with van der Waals surface area (Å²) in [5.74, 6) is 0.613. The van der Waals surface area contributed by atoms with E-state index in [1.807, 2.05) is 20.8 Å². The van der Waals surface area contributed by atoms with Crippen LogP contribution in [0, 0.1) is 0 Å². The lowest BCUT2D eigenvalue weighted by Gasteiger charge is -2.25. The Hall–Kier alpha value is -1.07. The van der Waals surface area contributed by atoms with Gasteiger partial charge in [0, 0.05) is 12.6 Å². The van der Waals surface area contributed by atoms with Crippen LogP contribution in [0.2, 0.25) is 0 Å². The number of aliphatic hydroxyl groups is 1. The van der Waals surface area contributed by atoms with Crippen LogP contribution in [0.1, 0.15) is 58.4 Å². The summed E-state index contributed by atoms with van der Waals surface area (Å²) in [6, 6.07) is 0.164. The largest absolute Gasteiger partial charge is 0.493 e. The average molecular weight is 270 g/mol. The second kappa shape index (κ2) is 7.50. The Morgan fingerprint density at radius 2 is 2.05 bits per heavy atom. The van der Waals surface area contributed by atoms with Gasteiger partial charge < -0.3 is 14.6 Å². The third kappa shape index (κ3) is 3.70. The maximum absolute atomic E-state index is 10.6. The second-order valence-corrected chi connectivity index (χ2v) is 4.86. The SMILES string of the molecule is CCCC(OCC)C(O)c1c(OC)cnn1C(C)C. The maximum Gasteiger partial charge on any atom is 0.162 e. The normalized spacial score (nSPS) is 14.7. The van der Waals surface area contributed by atoms with Crippen molar-refractivity contribution in [1.82, 2.24) is 9.78 Å². The zero-order chi connectivity index (χ0) is 14.4. The van der Waals surface area contributed by atoms with E-state index in [-0.39, 0.29) is 12.1 Å². The Labute approximate surface area is 115 Å². The first-order valence-corrected chi connectivity index (χ1v) is 6.97. The molecule has 0 fully saturated rings. The van der Waals surface area contributed by atoms with Gasteiger partial charge in [0.1, 0.15) is 11.8 Å². The van der Waals surface area contributed by atoms with E-state index < -0.39 is 6.10 Å². The first kappa shape index (κ1) is 16.0. The van der Waals surface area contributed by atoms with Gasteiger partial charge in [-0.15, -0.1) is 0 Å². The smallest absolute Gasteiger partial charge is 0.162 e. The van der Waals surface area contributed by atoms with Gasteiger partial charge in [-0.2, -0.15) is 5.10 Å². The van der Waals surface area contributed by atoms with Gasteiger partial charge in [-0.1, -0.05) is 13.3 Å². The van der Waals surface area contributed by atoms with Crippen molar-refractivity contribution in [3.63, 3.8) is 0 Å². The highest BCUT2D eigenvalue weighted by molar-refractivity contribution is 5.28. The highest BCUT2D eigenvalue weighted by atomic mass is 16.5. The summed E-state index contributed by atoms with van der Waals surface area (Å²) in [5.41, 5.74) is 0.699. The molecule has 19 heavy (non-hydrogen) atoms. The number of aliphatic hydroxyl groups excluding tert-OH is 1. The van der Waals surface area contributed by atoms with E-state index >= 15 is 0 Å². The van der Waals surface area contributed by atoms with Crippen molar-refractivity contribution < 1.29 is 14.6 Å². The quantitative estimate of drug-likeness (QED) is 0.789. The average Bonchev–Trinajstić information content (AvgIpc) is 2.81. The number of hydrogen-bond acceptors (Lipinski definition) is 4. The van der Waals surface area contributed by atoms with Gasteiger partial charge >= 0.3 is 0 Å². The fourth-order valence-electron chi connectivity index (χ4n) is 2.21. The lowest BCUT2D eigenvalue weighted by molar-refractivity contribution is -0.0431. The van der Waals surface area contributed by atoms with Gasteiger partial charge in [0.05, 0.1) is 19.4 Å². The Balaban J connectivity index is 3.06. The van der Waals surface area contributed by atoms with Gasteiger partial charge in [0.15, 0.2) is 5.75 Å². The summed E-state index contributed by atoms with van der Waals surface area (Å²) in [6.45, 7) is 8.65. The molecule has 0 saturated carbocycles. The van der Waals surface area contributed by atoms with Gasteiger partial charge in [-0.25, -0.2) is 0 Å². The summed E-state index contributed by atoms with van der Waals surface area (Å²) in [7, 11) is 1.59. The molecule has 0 amide bonds. The molecule has 0 bridgehead atoms. The molecule has 1 aromatic rings. The Morgan fingerprint density at radius 3 is 2.53 bits per heavy atom. The predicted octanol–water partition coefficient (Wildman–Crippen LogP) is 2.71. The predicted molar refractivity (Wildman–Crippen MR) is 74.4 cm³/mol. The molecule has 5 heteroatoms. The fraction of sp³-hybridized carbons (Fsp3) is 0.786. The van der Waals surface area contributed by atoms with Crippen LogP contribution >= 0.6 is 0 Å².